The third-order valence-corrected chi connectivity index (χ3v) is 4.88. The molecule has 132 valence electrons. The Morgan fingerprint density at radius 1 is 1.21 bits per heavy atom. The van der Waals surface area contributed by atoms with Gasteiger partial charge in [-0.3, -0.25) is 4.72 Å². The van der Waals surface area contributed by atoms with E-state index in [1.807, 2.05) is 0 Å². The van der Waals surface area contributed by atoms with Crippen molar-refractivity contribution in [3.63, 3.8) is 0 Å². The molecule has 1 N–H and O–H groups in total. The molecule has 2 aromatic rings. The van der Waals surface area contributed by atoms with Crippen molar-refractivity contribution in [3.05, 3.63) is 39.6 Å². The van der Waals surface area contributed by atoms with Crippen LogP contribution in [0.5, 0.6) is 0 Å². The van der Waals surface area contributed by atoms with E-state index in [0.717, 1.165) is 4.68 Å². The zero-order valence-corrected chi connectivity index (χ0v) is 14.5. The lowest BCUT2D eigenvalue weighted by atomic mass is 10.1. The molecule has 0 aliphatic carbocycles. The molecule has 2 rings (SSSR count). The summed E-state index contributed by atoms with van der Waals surface area (Å²) in [6.45, 7) is 3.17. The molecule has 1 heterocycles. The van der Waals surface area contributed by atoms with Gasteiger partial charge in [0.25, 0.3) is 0 Å². The molecule has 0 aliphatic heterocycles. The number of anilines is 1. The van der Waals surface area contributed by atoms with Crippen molar-refractivity contribution in [2.75, 3.05) is 10.5 Å². The van der Waals surface area contributed by atoms with Gasteiger partial charge in [-0.25, -0.2) is 17.8 Å². The van der Waals surface area contributed by atoms with Crippen LogP contribution in [0.1, 0.15) is 30.4 Å². The lowest BCUT2D eigenvalue weighted by molar-refractivity contribution is 0.0640. The number of rotatable bonds is 5. The van der Waals surface area contributed by atoms with Gasteiger partial charge < -0.3 is 0 Å². The summed E-state index contributed by atoms with van der Waals surface area (Å²) in [5, 5.41) is 3.86. The molecular formula is C14H18F2N4O3S. The molecule has 10 heteroatoms. The number of alkyl halides is 2. The van der Waals surface area contributed by atoms with Crippen LogP contribution in [0.4, 0.5) is 14.5 Å². The monoisotopic (exact) mass is 360 g/mol. The second kappa shape index (κ2) is 6.34. The zero-order chi connectivity index (χ0) is 18.2. The number of halogens is 2. The van der Waals surface area contributed by atoms with Gasteiger partial charge in [0.1, 0.15) is 5.82 Å². The maximum absolute atomic E-state index is 12.9. The van der Waals surface area contributed by atoms with E-state index in [1.165, 1.54) is 19.9 Å². The lowest BCUT2D eigenvalue weighted by Crippen LogP contribution is -2.25. The van der Waals surface area contributed by atoms with Crippen molar-refractivity contribution in [1.29, 1.82) is 0 Å². The minimum absolute atomic E-state index is 0.116. The largest absolute Gasteiger partial charge is 0.355 e. The smallest absolute Gasteiger partial charge is 0.283 e. The van der Waals surface area contributed by atoms with Gasteiger partial charge in [0.05, 0.1) is 17.1 Å². The molecule has 0 unspecified atom stereocenters. The van der Waals surface area contributed by atoms with Crippen LogP contribution < -0.4 is 10.4 Å². The first-order valence-corrected chi connectivity index (χ1v) is 8.81. The van der Waals surface area contributed by atoms with E-state index in [1.54, 1.807) is 19.9 Å². The van der Waals surface area contributed by atoms with Crippen molar-refractivity contribution < 1.29 is 17.2 Å². The van der Waals surface area contributed by atoms with Gasteiger partial charge in [0.2, 0.25) is 10.0 Å². The van der Waals surface area contributed by atoms with E-state index in [4.69, 9.17) is 0 Å². The molecule has 0 saturated carbocycles. The first kappa shape index (κ1) is 18.1. The molecule has 0 bridgehead atoms. The fourth-order valence-electron chi connectivity index (χ4n) is 2.28. The molecule has 1 aromatic carbocycles. The van der Waals surface area contributed by atoms with Crippen molar-refractivity contribution in [2.45, 2.75) is 34.2 Å². The molecule has 0 fully saturated rings. The van der Waals surface area contributed by atoms with E-state index in [-0.39, 0.29) is 27.5 Å². The number of aryl methyl sites for hydroxylation is 3. The minimum Gasteiger partial charge on any atom is -0.283 e. The summed E-state index contributed by atoms with van der Waals surface area (Å²) < 4.78 is 53.0. The van der Waals surface area contributed by atoms with E-state index in [9.17, 15) is 22.0 Å². The Labute approximate surface area is 138 Å². The third-order valence-electron chi connectivity index (χ3n) is 3.59. The van der Waals surface area contributed by atoms with E-state index < -0.39 is 22.3 Å². The first-order chi connectivity index (χ1) is 11.1. The quantitative estimate of drug-likeness (QED) is 0.885. The molecule has 0 spiro atoms. The first-order valence-electron chi connectivity index (χ1n) is 7.15. The van der Waals surface area contributed by atoms with Crippen molar-refractivity contribution >= 4 is 15.7 Å². The summed E-state index contributed by atoms with van der Waals surface area (Å²) in [4.78, 5) is 12.2. The Hall–Kier alpha value is -2.23. The average Bonchev–Trinajstić information content (AvgIpc) is 2.76. The molecule has 7 nitrogen and oxygen atoms in total. The molecular weight excluding hydrogens is 342 g/mol. The number of sulfonamides is 1. The number of hydrogen-bond acceptors (Lipinski definition) is 4. The fourth-order valence-corrected chi connectivity index (χ4v) is 2.98. The highest BCUT2D eigenvalue weighted by atomic mass is 32.2. The zero-order valence-electron chi connectivity index (χ0n) is 13.7. The molecule has 0 saturated heterocycles. The van der Waals surface area contributed by atoms with Crippen molar-refractivity contribution in [1.82, 2.24) is 14.3 Å². The molecule has 0 radical (unpaired) electrons. The normalized spacial score (nSPS) is 12.0. The average molecular weight is 360 g/mol. The van der Waals surface area contributed by atoms with Gasteiger partial charge in [-0.05, 0) is 44.9 Å². The van der Waals surface area contributed by atoms with Gasteiger partial charge in [0, 0.05) is 0 Å². The highest BCUT2D eigenvalue weighted by Gasteiger charge is 2.20. The van der Waals surface area contributed by atoms with E-state index in [0.29, 0.717) is 11.1 Å². The highest BCUT2D eigenvalue weighted by molar-refractivity contribution is 7.92. The Morgan fingerprint density at radius 3 is 2.33 bits per heavy atom. The summed E-state index contributed by atoms with van der Waals surface area (Å²) in [5.74, 6) is -0.250. The second-order valence-electron chi connectivity index (χ2n) is 5.35. The topological polar surface area (TPSA) is 86.0 Å². The Kier molecular flexibility index (Phi) is 4.79. The van der Waals surface area contributed by atoms with Crippen molar-refractivity contribution in [2.24, 2.45) is 0 Å². The van der Waals surface area contributed by atoms with E-state index in [2.05, 4.69) is 9.82 Å². The van der Waals surface area contributed by atoms with Gasteiger partial charge in [0.15, 0.2) is 0 Å². The van der Waals surface area contributed by atoms with Crippen LogP contribution in [-0.4, -0.2) is 28.5 Å². The van der Waals surface area contributed by atoms with E-state index >= 15 is 0 Å². The standard InChI is InChI=1S/C14H18F2N4O3S/c1-5-24(22,23)18-11-7-12(9(3)6-8(11)2)20-14(21)19(13(15)16)10(4)17-20/h6-7,13,18H,5H2,1-4H3. The minimum atomic E-state index is -3.52. The predicted octanol–water partition coefficient (Wildman–Crippen LogP) is 2.12. The summed E-state index contributed by atoms with van der Waals surface area (Å²) in [6, 6.07) is 3.08. The number of benzene rings is 1. The number of aromatic nitrogens is 3. The summed E-state index contributed by atoms with van der Waals surface area (Å²) >= 11 is 0. The Balaban J connectivity index is 2.64. The summed E-state index contributed by atoms with van der Waals surface area (Å²) in [7, 11) is -3.52. The number of nitrogens with zero attached hydrogens (tertiary/aromatic N) is 3. The maximum atomic E-state index is 12.9. The molecule has 24 heavy (non-hydrogen) atoms. The SMILES string of the molecule is CCS(=O)(=O)Nc1cc(-n2nc(C)n(C(F)F)c2=O)c(C)cc1C. The molecule has 1 aromatic heterocycles. The van der Waals surface area contributed by atoms with Crippen molar-refractivity contribution in [3.8, 4) is 5.69 Å². The van der Waals surface area contributed by atoms with Crippen LogP contribution in [0.25, 0.3) is 5.69 Å². The van der Waals surface area contributed by atoms with Gasteiger partial charge >= 0.3 is 12.2 Å². The van der Waals surface area contributed by atoms with Crippen LogP contribution in [0.3, 0.4) is 0 Å². The predicted molar refractivity (Wildman–Crippen MR) is 86.4 cm³/mol. The fraction of sp³-hybridized carbons (Fsp3) is 0.429. The van der Waals surface area contributed by atoms with Gasteiger partial charge in [-0.2, -0.15) is 18.6 Å². The van der Waals surface area contributed by atoms with Crippen LogP contribution >= 0.6 is 0 Å². The number of hydrogen-bond donors (Lipinski definition) is 1. The Morgan fingerprint density at radius 2 is 1.83 bits per heavy atom. The Bertz CT molecular complexity index is 932. The summed E-state index contributed by atoms with van der Waals surface area (Å²) in [6.07, 6.45) is 0. The maximum Gasteiger partial charge on any atom is 0.355 e. The van der Waals surface area contributed by atoms with Gasteiger partial charge in [-0.15, -0.1) is 0 Å². The molecule has 0 aliphatic rings. The van der Waals surface area contributed by atoms with Crippen LogP contribution in [0, 0.1) is 20.8 Å². The summed E-state index contributed by atoms with van der Waals surface area (Å²) in [5.41, 5.74) is 0.772. The number of nitrogens with one attached hydrogen (secondary N) is 1. The molecule has 0 atom stereocenters. The van der Waals surface area contributed by atoms with Crippen LogP contribution in [0.2, 0.25) is 0 Å². The van der Waals surface area contributed by atoms with Gasteiger partial charge in [-0.1, -0.05) is 6.07 Å². The third kappa shape index (κ3) is 3.32. The second-order valence-corrected chi connectivity index (χ2v) is 7.36. The van der Waals surface area contributed by atoms with Crippen LogP contribution in [-0.2, 0) is 10.0 Å². The highest BCUT2D eigenvalue weighted by Crippen LogP contribution is 2.24. The molecule has 0 amide bonds. The lowest BCUT2D eigenvalue weighted by Gasteiger charge is -2.13. The van der Waals surface area contributed by atoms with Crippen LogP contribution in [0.15, 0.2) is 16.9 Å².